The SMILES string of the molecule is CC/C=C\C/C=C\C/C=C\C/C=C\C/C=C\C/C=C\C/C=C\C/C=C\C/C=C\C/C=C\CCCCCCCCCCC(=O)OC(COC(=O)CCC/C=C\C/C=C\C/C=C\C/C=C\C/C=C\CC)COP(=O)([O-])OCC[N+](C)(C)C. The Bertz CT molecular complexity index is 2000. The average Bonchev–Trinajstić information content (AvgIpc) is 3.42. The third-order valence-corrected chi connectivity index (χ3v) is 12.9. The van der Waals surface area contributed by atoms with E-state index in [1.54, 1.807) is 0 Å². The van der Waals surface area contributed by atoms with E-state index in [4.69, 9.17) is 18.5 Å². The van der Waals surface area contributed by atoms with Crippen molar-refractivity contribution in [1.29, 1.82) is 0 Å². The van der Waals surface area contributed by atoms with Crippen molar-refractivity contribution in [2.75, 3.05) is 47.5 Å². The van der Waals surface area contributed by atoms with Crippen LogP contribution in [0.25, 0.3) is 0 Å². The number of ether oxygens (including phenoxy) is 2. The van der Waals surface area contributed by atoms with Gasteiger partial charge >= 0.3 is 11.9 Å². The molecule has 0 aliphatic rings. The summed E-state index contributed by atoms with van der Waals surface area (Å²) >= 11 is 0. The van der Waals surface area contributed by atoms with Crippen LogP contribution in [0.2, 0.25) is 0 Å². The van der Waals surface area contributed by atoms with Crippen LogP contribution in [-0.2, 0) is 32.7 Å². The largest absolute Gasteiger partial charge is 0.756 e. The van der Waals surface area contributed by atoms with E-state index in [2.05, 4.69) is 190 Å². The average molecular weight is 1120 g/mol. The number of carbonyl (C=O) groups is 2. The molecule has 0 fully saturated rings. The van der Waals surface area contributed by atoms with Gasteiger partial charge in [0.2, 0.25) is 0 Å². The molecular weight excluding hydrogens is 1010 g/mol. The van der Waals surface area contributed by atoms with Crippen molar-refractivity contribution in [2.24, 2.45) is 0 Å². The van der Waals surface area contributed by atoms with Crippen LogP contribution in [0, 0.1) is 0 Å². The zero-order valence-electron chi connectivity index (χ0n) is 50.7. The monoisotopic (exact) mass is 1120 g/mol. The highest BCUT2D eigenvalue weighted by Crippen LogP contribution is 2.38. The third-order valence-electron chi connectivity index (χ3n) is 11.9. The molecule has 2 atom stereocenters. The molecule has 0 aliphatic heterocycles. The van der Waals surface area contributed by atoms with Crippen LogP contribution in [0.5, 0.6) is 0 Å². The summed E-state index contributed by atoms with van der Waals surface area (Å²) in [5.41, 5.74) is 0. The normalized spacial score (nSPS) is 14.5. The van der Waals surface area contributed by atoms with Gasteiger partial charge in [0.25, 0.3) is 7.82 Å². The molecule has 0 rings (SSSR count). The van der Waals surface area contributed by atoms with Crippen molar-refractivity contribution in [2.45, 2.75) is 200 Å². The minimum absolute atomic E-state index is 0.0518. The number of carbonyl (C=O) groups excluding carboxylic acids is 2. The predicted molar refractivity (Wildman–Crippen MR) is 341 cm³/mol. The fourth-order valence-corrected chi connectivity index (χ4v) is 8.03. The van der Waals surface area contributed by atoms with Crippen molar-refractivity contribution in [3.05, 3.63) is 182 Å². The van der Waals surface area contributed by atoms with Gasteiger partial charge in [-0.1, -0.05) is 235 Å². The molecule has 0 radical (unpaired) electrons. The number of nitrogens with zero attached hydrogens (tertiary/aromatic N) is 1. The summed E-state index contributed by atoms with van der Waals surface area (Å²) in [6, 6.07) is 0. The van der Waals surface area contributed by atoms with Crippen molar-refractivity contribution in [3.8, 4) is 0 Å². The molecule has 0 spiro atoms. The van der Waals surface area contributed by atoms with Crippen molar-refractivity contribution in [3.63, 3.8) is 0 Å². The molecule has 10 heteroatoms. The molecule has 0 aromatic heterocycles. The zero-order valence-corrected chi connectivity index (χ0v) is 51.6. The number of phosphoric ester groups is 1. The Labute approximate surface area is 489 Å². The molecule has 0 saturated carbocycles. The smallest absolute Gasteiger partial charge is 0.306 e. The Morgan fingerprint density at radius 3 is 1.04 bits per heavy atom. The first-order valence-corrected chi connectivity index (χ1v) is 32.0. The van der Waals surface area contributed by atoms with Crippen LogP contribution in [0.1, 0.15) is 194 Å². The number of hydrogen-bond donors (Lipinski definition) is 0. The first-order chi connectivity index (χ1) is 39.0. The maximum Gasteiger partial charge on any atom is 0.306 e. The molecule has 80 heavy (non-hydrogen) atoms. The summed E-state index contributed by atoms with van der Waals surface area (Å²) in [7, 11) is 1.10. The number of hydrogen-bond acceptors (Lipinski definition) is 8. The first kappa shape index (κ1) is 75.1. The van der Waals surface area contributed by atoms with E-state index in [0.29, 0.717) is 23.9 Å². The van der Waals surface area contributed by atoms with Gasteiger partial charge in [-0.15, -0.1) is 0 Å². The molecule has 0 N–H and O–H groups in total. The summed E-state index contributed by atoms with van der Waals surface area (Å²) in [6.45, 7) is 3.90. The van der Waals surface area contributed by atoms with E-state index >= 15 is 0 Å². The van der Waals surface area contributed by atoms with Gasteiger partial charge in [0.1, 0.15) is 19.8 Å². The highest BCUT2D eigenvalue weighted by molar-refractivity contribution is 7.45. The van der Waals surface area contributed by atoms with E-state index in [0.717, 1.165) is 128 Å². The van der Waals surface area contributed by atoms with Crippen LogP contribution in [0.3, 0.4) is 0 Å². The van der Waals surface area contributed by atoms with E-state index in [9.17, 15) is 19.0 Å². The predicted octanol–water partition coefficient (Wildman–Crippen LogP) is 19.0. The molecular formula is C70H110NO8P. The second-order valence-electron chi connectivity index (χ2n) is 20.6. The van der Waals surface area contributed by atoms with Crippen molar-refractivity contribution in [1.82, 2.24) is 0 Å². The van der Waals surface area contributed by atoms with Crippen LogP contribution in [0.15, 0.2) is 182 Å². The van der Waals surface area contributed by atoms with E-state index < -0.39 is 32.5 Å². The summed E-state index contributed by atoms with van der Waals surface area (Å²) in [5, 5.41) is 0. The Balaban J connectivity index is 4.21. The number of unbranched alkanes of at least 4 members (excludes halogenated alkanes) is 9. The molecule has 0 heterocycles. The van der Waals surface area contributed by atoms with Gasteiger partial charge in [-0.2, -0.15) is 0 Å². The minimum atomic E-state index is -4.66. The number of likely N-dealkylation sites (N-methyl/N-ethyl adjacent to an activating group) is 1. The van der Waals surface area contributed by atoms with Crippen LogP contribution >= 0.6 is 7.82 Å². The minimum Gasteiger partial charge on any atom is -0.756 e. The number of quaternary nitrogens is 1. The Morgan fingerprint density at radius 2 is 0.688 bits per heavy atom. The zero-order chi connectivity index (χ0) is 58.4. The van der Waals surface area contributed by atoms with Crippen molar-refractivity contribution < 1.29 is 42.1 Å². The summed E-state index contributed by atoms with van der Waals surface area (Å²) in [5.74, 6) is -0.928. The molecule has 0 bridgehead atoms. The Morgan fingerprint density at radius 1 is 0.388 bits per heavy atom. The summed E-state index contributed by atoms with van der Waals surface area (Å²) in [4.78, 5) is 37.8. The van der Waals surface area contributed by atoms with Gasteiger partial charge in [-0.25, -0.2) is 0 Å². The lowest BCUT2D eigenvalue weighted by molar-refractivity contribution is -0.870. The lowest BCUT2D eigenvalue weighted by atomic mass is 10.1. The number of allylic oxidation sites excluding steroid dienone is 30. The van der Waals surface area contributed by atoms with Gasteiger partial charge < -0.3 is 27.9 Å². The van der Waals surface area contributed by atoms with Crippen LogP contribution in [0.4, 0.5) is 0 Å². The fraction of sp³-hybridized carbons (Fsp3) is 0.543. The van der Waals surface area contributed by atoms with Gasteiger partial charge in [-0.05, 0) is 128 Å². The lowest BCUT2D eigenvalue weighted by Crippen LogP contribution is -2.37. The van der Waals surface area contributed by atoms with Gasteiger partial charge in [0, 0.05) is 12.8 Å². The second-order valence-corrected chi connectivity index (χ2v) is 22.0. The van der Waals surface area contributed by atoms with Gasteiger partial charge in [0.15, 0.2) is 6.10 Å². The summed E-state index contributed by atoms with van der Waals surface area (Å²) in [6.07, 6.45) is 91.0. The van der Waals surface area contributed by atoms with Crippen molar-refractivity contribution >= 4 is 19.8 Å². The molecule has 0 aromatic carbocycles. The van der Waals surface area contributed by atoms with Crippen LogP contribution < -0.4 is 4.89 Å². The summed E-state index contributed by atoms with van der Waals surface area (Å²) < 4.78 is 34.0. The molecule has 0 aliphatic carbocycles. The molecule has 448 valence electrons. The van der Waals surface area contributed by atoms with E-state index in [1.807, 2.05) is 27.2 Å². The van der Waals surface area contributed by atoms with E-state index in [-0.39, 0.29) is 26.1 Å². The lowest BCUT2D eigenvalue weighted by Gasteiger charge is -2.28. The second kappa shape index (κ2) is 58.8. The molecule has 0 saturated heterocycles. The molecule has 9 nitrogen and oxygen atoms in total. The number of esters is 2. The number of rotatable bonds is 53. The standard InChI is InChI=1S/C70H110NO8P/c1-6-8-10-12-14-16-18-20-22-24-25-26-27-28-29-30-31-32-33-34-35-36-37-38-39-40-41-42-43-44-45-47-49-51-53-55-57-59-61-63-70(73)79-68(67-78-80(74,75)77-65-64-71(3,4)5)66-76-69(72)62-60-58-56-54-52-50-48-46-23-21-19-17-15-13-11-9-7-2/h8-11,14-17,20-23,25-26,28-29,31-32,34-35,37-38,40-41,43-44,48,50,54,56,68H,6-7,12-13,18-19,24,27,30,33,36,39,42,45-47,49,51-53,55,57-67H2,1-5H3/b10-8-,11-9-,16-14-,17-15-,22-20-,23-21-,26-25-,29-28-,32-31-,35-34-,38-37-,41-40-,44-43-,50-48-,56-54-. The van der Waals surface area contributed by atoms with Crippen LogP contribution in [-0.4, -0.2) is 70.0 Å². The Kier molecular flexibility index (Phi) is 55.2. The quantitative estimate of drug-likeness (QED) is 0.0195. The molecule has 2 unspecified atom stereocenters. The van der Waals surface area contributed by atoms with Gasteiger partial charge in [0.05, 0.1) is 27.7 Å². The number of phosphoric acid groups is 1. The van der Waals surface area contributed by atoms with Gasteiger partial charge in [-0.3, -0.25) is 14.2 Å². The molecule has 0 aromatic rings. The Hall–Kier alpha value is -4.89. The first-order valence-electron chi connectivity index (χ1n) is 30.5. The maximum atomic E-state index is 12.8. The molecule has 0 amide bonds. The topological polar surface area (TPSA) is 111 Å². The third kappa shape index (κ3) is 62.3. The van der Waals surface area contributed by atoms with E-state index in [1.165, 1.54) is 25.7 Å². The fourth-order valence-electron chi connectivity index (χ4n) is 7.31. The highest BCUT2D eigenvalue weighted by atomic mass is 31.2. The highest BCUT2D eigenvalue weighted by Gasteiger charge is 2.21. The maximum absolute atomic E-state index is 12.8.